The zero-order valence-electron chi connectivity index (χ0n) is 18.8. The number of nitrogens with two attached hydrogens (primary N) is 1. The summed E-state index contributed by atoms with van der Waals surface area (Å²) in [4.78, 5) is 48.7. The molecule has 1 rings (SSSR count). The average Bonchev–Trinajstić information content (AvgIpc) is 2.69. The third kappa shape index (κ3) is 9.50. The molecule has 0 aliphatic rings. The van der Waals surface area contributed by atoms with Crippen LogP contribution in [-0.2, 0) is 25.7 Å². The number of hydrogen-bond acceptors (Lipinski definition) is 5. The second-order valence-electron chi connectivity index (χ2n) is 8.25. The van der Waals surface area contributed by atoms with Crippen LogP contribution in [0.4, 0.5) is 4.79 Å². The van der Waals surface area contributed by atoms with Crippen molar-refractivity contribution in [3.8, 4) is 0 Å². The molecule has 0 unspecified atom stereocenters. The van der Waals surface area contributed by atoms with E-state index in [-0.39, 0.29) is 18.4 Å². The first-order chi connectivity index (χ1) is 14.5. The molecule has 1 aromatic carbocycles. The normalized spacial score (nSPS) is 13.8. The minimum atomic E-state index is -0.926. The number of carbonyl (C=O) groups excluding carboxylic acids is 4. The summed E-state index contributed by atoms with van der Waals surface area (Å²) in [5, 5.41) is 7.66. The fourth-order valence-electron chi connectivity index (χ4n) is 2.81. The van der Waals surface area contributed by atoms with Crippen LogP contribution in [0.3, 0.4) is 0 Å². The predicted molar refractivity (Wildman–Crippen MR) is 117 cm³/mol. The Balaban J connectivity index is 2.63. The Hall–Kier alpha value is -3.10. The van der Waals surface area contributed by atoms with Crippen molar-refractivity contribution in [3.05, 3.63) is 35.9 Å². The van der Waals surface area contributed by atoms with Gasteiger partial charge in [0.15, 0.2) is 0 Å². The third-order valence-electron chi connectivity index (χ3n) is 4.55. The van der Waals surface area contributed by atoms with Crippen LogP contribution in [0, 0.1) is 11.8 Å². The second-order valence-corrected chi connectivity index (χ2v) is 8.25. The van der Waals surface area contributed by atoms with Crippen molar-refractivity contribution < 1.29 is 23.9 Å². The lowest BCUT2D eigenvalue weighted by Crippen LogP contribution is -2.56. The number of hydrogen-bond donors (Lipinski definition) is 4. The maximum atomic E-state index is 12.7. The number of rotatable bonds is 11. The largest absolute Gasteiger partial charge is 0.445 e. The van der Waals surface area contributed by atoms with E-state index in [1.807, 2.05) is 44.2 Å². The van der Waals surface area contributed by atoms with Gasteiger partial charge < -0.3 is 26.4 Å². The second kappa shape index (κ2) is 12.6. The molecule has 5 N–H and O–H groups in total. The van der Waals surface area contributed by atoms with E-state index < -0.39 is 41.9 Å². The Morgan fingerprint density at radius 1 is 0.903 bits per heavy atom. The van der Waals surface area contributed by atoms with E-state index in [0.717, 1.165) is 5.56 Å². The van der Waals surface area contributed by atoms with E-state index in [1.165, 1.54) is 6.92 Å². The Morgan fingerprint density at radius 2 is 1.52 bits per heavy atom. The van der Waals surface area contributed by atoms with Gasteiger partial charge >= 0.3 is 6.09 Å². The van der Waals surface area contributed by atoms with E-state index in [4.69, 9.17) is 10.5 Å². The highest BCUT2D eigenvalue weighted by molar-refractivity contribution is 5.93. The highest BCUT2D eigenvalue weighted by atomic mass is 16.5. The van der Waals surface area contributed by atoms with E-state index in [1.54, 1.807) is 13.8 Å². The molecule has 3 atom stereocenters. The summed E-state index contributed by atoms with van der Waals surface area (Å²) in [7, 11) is 0. The molecule has 0 saturated heterocycles. The van der Waals surface area contributed by atoms with Crippen LogP contribution >= 0.6 is 0 Å². The Labute approximate surface area is 183 Å². The quantitative estimate of drug-likeness (QED) is 0.417. The molecule has 0 aromatic heterocycles. The molecule has 0 fully saturated rings. The molecule has 0 radical (unpaired) electrons. The molecule has 1 aromatic rings. The maximum absolute atomic E-state index is 12.7. The highest BCUT2D eigenvalue weighted by Crippen LogP contribution is 2.07. The summed E-state index contributed by atoms with van der Waals surface area (Å²) in [6.45, 7) is 8.90. The number of nitrogens with one attached hydrogen (secondary N) is 3. The van der Waals surface area contributed by atoms with Crippen molar-refractivity contribution >= 4 is 23.8 Å². The topological polar surface area (TPSA) is 140 Å². The molecule has 4 amide bonds. The van der Waals surface area contributed by atoms with E-state index in [0.29, 0.717) is 6.42 Å². The Morgan fingerprint density at radius 3 is 2.03 bits per heavy atom. The first-order valence-electron chi connectivity index (χ1n) is 10.4. The summed E-state index contributed by atoms with van der Waals surface area (Å²) in [6, 6.07) is 6.51. The fourth-order valence-corrected chi connectivity index (χ4v) is 2.81. The molecule has 9 nitrogen and oxygen atoms in total. The van der Waals surface area contributed by atoms with Gasteiger partial charge in [-0.15, -0.1) is 0 Å². The molecular weight excluding hydrogens is 400 g/mol. The van der Waals surface area contributed by atoms with Gasteiger partial charge in [0.05, 0.1) is 0 Å². The average molecular weight is 435 g/mol. The van der Waals surface area contributed by atoms with Crippen molar-refractivity contribution in [2.24, 2.45) is 17.6 Å². The van der Waals surface area contributed by atoms with Crippen LogP contribution in [0.25, 0.3) is 0 Å². The van der Waals surface area contributed by atoms with E-state index >= 15 is 0 Å². The first-order valence-corrected chi connectivity index (χ1v) is 10.4. The van der Waals surface area contributed by atoms with Gasteiger partial charge in [0, 0.05) is 0 Å². The molecular formula is C22H34N4O5. The Kier molecular flexibility index (Phi) is 10.5. The maximum Gasteiger partial charge on any atom is 0.408 e. The van der Waals surface area contributed by atoms with Gasteiger partial charge in [-0.1, -0.05) is 58.0 Å². The van der Waals surface area contributed by atoms with Gasteiger partial charge in [-0.05, 0) is 30.7 Å². The Bertz CT molecular complexity index is 752. The minimum absolute atomic E-state index is 0.0717. The van der Waals surface area contributed by atoms with Crippen molar-refractivity contribution in [1.82, 2.24) is 16.0 Å². The van der Waals surface area contributed by atoms with Crippen molar-refractivity contribution in [1.29, 1.82) is 0 Å². The molecule has 0 aliphatic carbocycles. The van der Waals surface area contributed by atoms with Crippen molar-refractivity contribution in [2.45, 2.75) is 65.8 Å². The minimum Gasteiger partial charge on any atom is -0.445 e. The molecule has 31 heavy (non-hydrogen) atoms. The number of alkyl carbamates (subject to hydrolysis) is 1. The zero-order valence-corrected chi connectivity index (χ0v) is 18.8. The lowest BCUT2D eigenvalue weighted by Gasteiger charge is -2.24. The predicted octanol–water partition coefficient (Wildman–Crippen LogP) is 1.46. The standard InChI is InChI=1S/C22H34N4O5/c1-13(2)11-17(19(23)27)25-20(28)15(5)24-21(29)18(14(3)4)26-22(30)31-12-16-9-7-6-8-10-16/h6-10,13-15,17-18H,11-12H2,1-5H3,(H2,23,27)(H,24,29)(H,25,28)(H,26,30)/t15-,17-,18-/m0/s1. The summed E-state index contributed by atoms with van der Waals surface area (Å²) in [6.07, 6.45) is -0.342. The van der Waals surface area contributed by atoms with Gasteiger partial charge in [0.1, 0.15) is 24.7 Å². The van der Waals surface area contributed by atoms with Gasteiger partial charge in [0.25, 0.3) is 0 Å². The lowest BCUT2D eigenvalue weighted by atomic mass is 10.0. The SMILES string of the molecule is CC(C)C[C@H](NC(=O)[C@H](C)NC(=O)[C@@H](NC(=O)OCc1ccccc1)C(C)C)C(N)=O. The van der Waals surface area contributed by atoms with Crippen LogP contribution in [0.15, 0.2) is 30.3 Å². The molecule has 9 heteroatoms. The number of primary amides is 1. The first kappa shape index (κ1) is 25.9. The van der Waals surface area contributed by atoms with Crippen molar-refractivity contribution in [3.63, 3.8) is 0 Å². The summed E-state index contributed by atoms with van der Waals surface area (Å²) < 4.78 is 5.17. The van der Waals surface area contributed by atoms with E-state index in [9.17, 15) is 19.2 Å². The van der Waals surface area contributed by atoms with Crippen LogP contribution in [0.2, 0.25) is 0 Å². The van der Waals surface area contributed by atoms with Crippen LogP contribution in [-0.4, -0.2) is 41.9 Å². The van der Waals surface area contributed by atoms with Crippen LogP contribution < -0.4 is 21.7 Å². The monoisotopic (exact) mass is 434 g/mol. The number of amides is 4. The van der Waals surface area contributed by atoms with Gasteiger partial charge in [-0.2, -0.15) is 0 Å². The molecule has 0 saturated carbocycles. The summed E-state index contributed by atoms with van der Waals surface area (Å²) >= 11 is 0. The van der Waals surface area contributed by atoms with Gasteiger partial charge in [-0.25, -0.2) is 4.79 Å². The lowest BCUT2D eigenvalue weighted by molar-refractivity contribution is -0.132. The smallest absolute Gasteiger partial charge is 0.408 e. The van der Waals surface area contributed by atoms with Crippen molar-refractivity contribution in [2.75, 3.05) is 0 Å². The zero-order chi connectivity index (χ0) is 23.6. The summed E-state index contributed by atoms with van der Waals surface area (Å²) in [5.41, 5.74) is 6.16. The number of benzene rings is 1. The van der Waals surface area contributed by atoms with Gasteiger partial charge in [0.2, 0.25) is 17.7 Å². The molecule has 0 heterocycles. The number of carbonyl (C=O) groups is 4. The third-order valence-corrected chi connectivity index (χ3v) is 4.55. The van der Waals surface area contributed by atoms with Gasteiger partial charge in [-0.3, -0.25) is 14.4 Å². The molecule has 0 aliphatic heterocycles. The fraction of sp³-hybridized carbons (Fsp3) is 0.545. The molecule has 0 bridgehead atoms. The molecule has 172 valence electrons. The highest BCUT2D eigenvalue weighted by Gasteiger charge is 2.29. The van der Waals surface area contributed by atoms with Crippen LogP contribution in [0.1, 0.15) is 46.6 Å². The van der Waals surface area contributed by atoms with E-state index in [2.05, 4.69) is 16.0 Å². The van der Waals surface area contributed by atoms with Crippen LogP contribution in [0.5, 0.6) is 0 Å². The molecule has 0 spiro atoms. The summed E-state index contributed by atoms with van der Waals surface area (Å²) in [5.74, 6) is -1.80. The number of ether oxygens (including phenoxy) is 1.